The topological polar surface area (TPSA) is 72.1 Å². The largest absolute Gasteiger partial charge is 0.344 e. The third-order valence-electron chi connectivity index (χ3n) is 5.15. The van der Waals surface area contributed by atoms with Crippen LogP contribution in [0.15, 0.2) is 25.0 Å². The van der Waals surface area contributed by atoms with E-state index in [9.17, 15) is 4.79 Å². The average molecular weight is 345 g/mol. The normalized spacial score (nSPS) is 22.7. The molecule has 1 aliphatic heterocycles. The van der Waals surface area contributed by atoms with E-state index in [0.29, 0.717) is 12.0 Å². The average Bonchev–Trinajstić information content (AvgIpc) is 3.25. The molecule has 0 N–H and O–H groups in total. The first kappa shape index (κ1) is 17.6. The Bertz CT molecular complexity index is 696. The van der Waals surface area contributed by atoms with Crippen LogP contribution in [0.3, 0.4) is 0 Å². The molecule has 2 aromatic heterocycles. The van der Waals surface area contributed by atoms with Crippen LogP contribution in [-0.4, -0.2) is 67.4 Å². The second-order valence-corrected chi connectivity index (χ2v) is 7.05. The van der Waals surface area contributed by atoms with Crippen molar-refractivity contribution in [1.82, 2.24) is 34.3 Å². The van der Waals surface area contributed by atoms with Gasteiger partial charge in [-0.05, 0) is 39.3 Å². The van der Waals surface area contributed by atoms with Gasteiger partial charge in [-0.2, -0.15) is 10.2 Å². The van der Waals surface area contributed by atoms with Gasteiger partial charge in [0.25, 0.3) is 0 Å². The van der Waals surface area contributed by atoms with Crippen molar-refractivity contribution in [2.75, 3.05) is 27.2 Å². The van der Waals surface area contributed by atoms with Crippen molar-refractivity contribution < 1.29 is 4.79 Å². The standard InChI is InChI=1S/C17H27N7O/c1-13(24-12-18-11-20-24)17(25)22(3)9-14-6-5-7-21(2)16(14)15-8-19-23(4)10-15/h8,10-14,16H,5-7,9H2,1-4H3/t13-,14+,16-/m1/s1. The smallest absolute Gasteiger partial charge is 0.246 e. The Hall–Kier alpha value is -2.22. The van der Waals surface area contributed by atoms with E-state index < -0.39 is 0 Å². The van der Waals surface area contributed by atoms with Crippen molar-refractivity contribution in [2.24, 2.45) is 13.0 Å². The van der Waals surface area contributed by atoms with Crippen molar-refractivity contribution >= 4 is 5.91 Å². The summed E-state index contributed by atoms with van der Waals surface area (Å²) in [5.41, 5.74) is 1.22. The monoisotopic (exact) mass is 345 g/mol. The number of piperidine rings is 1. The number of rotatable bonds is 5. The Morgan fingerprint density at radius 2 is 2.20 bits per heavy atom. The molecule has 3 heterocycles. The molecule has 3 rings (SSSR count). The maximum Gasteiger partial charge on any atom is 0.246 e. The van der Waals surface area contributed by atoms with Gasteiger partial charge in [0.05, 0.1) is 6.20 Å². The van der Waals surface area contributed by atoms with Gasteiger partial charge in [-0.25, -0.2) is 9.67 Å². The quantitative estimate of drug-likeness (QED) is 0.812. The number of aromatic nitrogens is 5. The van der Waals surface area contributed by atoms with E-state index in [1.165, 1.54) is 11.9 Å². The summed E-state index contributed by atoms with van der Waals surface area (Å²) < 4.78 is 3.45. The molecule has 0 aromatic carbocycles. The number of aryl methyl sites for hydroxylation is 1. The molecule has 0 unspecified atom stereocenters. The van der Waals surface area contributed by atoms with Gasteiger partial charge in [-0.3, -0.25) is 14.4 Å². The Morgan fingerprint density at radius 1 is 1.40 bits per heavy atom. The fourth-order valence-corrected chi connectivity index (χ4v) is 3.86. The lowest BCUT2D eigenvalue weighted by Crippen LogP contribution is -2.43. The molecule has 0 aliphatic carbocycles. The van der Waals surface area contributed by atoms with Crippen molar-refractivity contribution in [3.63, 3.8) is 0 Å². The summed E-state index contributed by atoms with van der Waals surface area (Å²) >= 11 is 0. The van der Waals surface area contributed by atoms with Crippen LogP contribution in [-0.2, 0) is 11.8 Å². The molecule has 3 atom stereocenters. The van der Waals surface area contributed by atoms with Crippen LogP contribution in [0.1, 0.15) is 37.4 Å². The minimum atomic E-state index is -0.342. The highest BCUT2D eigenvalue weighted by atomic mass is 16.2. The first-order valence-corrected chi connectivity index (χ1v) is 8.75. The molecule has 2 aromatic rings. The van der Waals surface area contributed by atoms with Crippen LogP contribution in [0.25, 0.3) is 0 Å². The fraction of sp³-hybridized carbons (Fsp3) is 0.647. The highest BCUT2D eigenvalue weighted by Gasteiger charge is 2.33. The second-order valence-electron chi connectivity index (χ2n) is 7.05. The summed E-state index contributed by atoms with van der Waals surface area (Å²) in [5, 5.41) is 8.41. The van der Waals surface area contributed by atoms with Crippen LogP contribution in [0, 0.1) is 5.92 Å². The molecule has 0 spiro atoms. The molecular formula is C17H27N7O. The van der Waals surface area contributed by atoms with Gasteiger partial charge < -0.3 is 4.90 Å². The van der Waals surface area contributed by atoms with Gasteiger partial charge >= 0.3 is 0 Å². The molecule has 0 bridgehead atoms. The summed E-state index contributed by atoms with van der Waals surface area (Å²) in [6, 6.07) is -0.0509. The summed E-state index contributed by atoms with van der Waals surface area (Å²) in [5.74, 6) is 0.448. The lowest BCUT2D eigenvalue weighted by atomic mass is 9.85. The van der Waals surface area contributed by atoms with Crippen LogP contribution >= 0.6 is 0 Å². The summed E-state index contributed by atoms with van der Waals surface area (Å²) in [4.78, 5) is 20.9. The van der Waals surface area contributed by atoms with Gasteiger partial charge in [-0.1, -0.05) is 0 Å². The van der Waals surface area contributed by atoms with Crippen LogP contribution in [0.4, 0.5) is 0 Å². The van der Waals surface area contributed by atoms with E-state index in [-0.39, 0.29) is 11.9 Å². The van der Waals surface area contributed by atoms with Crippen molar-refractivity contribution in [3.05, 3.63) is 30.6 Å². The van der Waals surface area contributed by atoms with E-state index in [2.05, 4.69) is 33.3 Å². The van der Waals surface area contributed by atoms with E-state index >= 15 is 0 Å². The van der Waals surface area contributed by atoms with E-state index in [1.54, 1.807) is 11.0 Å². The number of carbonyl (C=O) groups excluding carboxylic acids is 1. The minimum Gasteiger partial charge on any atom is -0.344 e. The van der Waals surface area contributed by atoms with Gasteiger partial charge in [0.15, 0.2) is 0 Å². The molecular weight excluding hydrogens is 318 g/mol. The van der Waals surface area contributed by atoms with Gasteiger partial charge in [0.2, 0.25) is 5.91 Å². The molecule has 8 nitrogen and oxygen atoms in total. The maximum atomic E-state index is 12.8. The number of likely N-dealkylation sites (N-methyl/N-ethyl adjacent to an activating group) is 1. The lowest BCUT2D eigenvalue weighted by Gasteiger charge is -2.40. The van der Waals surface area contributed by atoms with Crippen LogP contribution in [0.5, 0.6) is 0 Å². The number of hydrogen-bond donors (Lipinski definition) is 0. The number of hydrogen-bond acceptors (Lipinski definition) is 5. The molecule has 1 aliphatic rings. The Morgan fingerprint density at radius 3 is 2.84 bits per heavy atom. The molecule has 25 heavy (non-hydrogen) atoms. The zero-order valence-corrected chi connectivity index (χ0v) is 15.4. The second kappa shape index (κ2) is 7.35. The van der Waals surface area contributed by atoms with Gasteiger partial charge in [0, 0.05) is 38.4 Å². The first-order valence-electron chi connectivity index (χ1n) is 8.75. The third kappa shape index (κ3) is 3.73. The Balaban J connectivity index is 1.71. The SMILES string of the molecule is C[C@H](C(=O)N(C)C[C@@H]1CCCN(C)[C@H]1c1cnn(C)c1)n1cncn1. The summed E-state index contributed by atoms with van der Waals surface area (Å²) in [6.45, 7) is 3.66. The van der Waals surface area contributed by atoms with Gasteiger partial charge in [-0.15, -0.1) is 0 Å². The third-order valence-corrected chi connectivity index (χ3v) is 5.15. The van der Waals surface area contributed by atoms with Crippen molar-refractivity contribution in [3.8, 4) is 0 Å². The minimum absolute atomic E-state index is 0.0589. The number of amides is 1. The van der Waals surface area contributed by atoms with E-state index in [4.69, 9.17) is 0 Å². The van der Waals surface area contributed by atoms with E-state index in [1.807, 2.05) is 36.8 Å². The highest BCUT2D eigenvalue weighted by molar-refractivity contribution is 5.79. The van der Waals surface area contributed by atoms with Crippen molar-refractivity contribution in [1.29, 1.82) is 0 Å². The number of likely N-dealkylation sites (tertiary alicyclic amines) is 1. The zero-order chi connectivity index (χ0) is 18.0. The predicted octanol–water partition coefficient (Wildman–Crippen LogP) is 1.11. The van der Waals surface area contributed by atoms with Crippen LogP contribution < -0.4 is 0 Å². The zero-order valence-electron chi connectivity index (χ0n) is 15.4. The highest BCUT2D eigenvalue weighted by Crippen LogP contribution is 2.35. The predicted molar refractivity (Wildman–Crippen MR) is 93.7 cm³/mol. The summed E-state index contributed by atoms with van der Waals surface area (Å²) in [7, 11) is 5.98. The first-order chi connectivity index (χ1) is 12.0. The molecule has 8 heteroatoms. The molecule has 1 amide bonds. The molecule has 1 fully saturated rings. The van der Waals surface area contributed by atoms with E-state index in [0.717, 1.165) is 25.9 Å². The summed E-state index contributed by atoms with van der Waals surface area (Å²) in [6.07, 6.45) is 9.33. The molecule has 136 valence electrons. The van der Waals surface area contributed by atoms with Crippen molar-refractivity contribution in [2.45, 2.75) is 31.8 Å². The molecule has 0 radical (unpaired) electrons. The number of carbonyl (C=O) groups is 1. The number of nitrogens with zero attached hydrogens (tertiary/aromatic N) is 7. The molecule has 0 saturated carbocycles. The fourth-order valence-electron chi connectivity index (χ4n) is 3.86. The van der Waals surface area contributed by atoms with Gasteiger partial charge in [0.1, 0.15) is 18.7 Å². The Kier molecular flexibility index (Phi) is 5.17. The lowest BCUT2D eigenvalue weighted by molar-refractivity contribution is -0.134. The molecule has 1 saturated heterocycles. The van der Waals surface area contributed by atoms with Crippen LogP contribution in [0.2, 0.25) is 0 Å². The Labute approximate surface area is 148 Å². The maximum absolute atomic E-state index is 12.8.